The Kier molecular flexibility index (Phi) is 7.15. The van der Waals surface area contributed by atoms with E-state index in [0.717, 1.165) is 6.07 Å². The third-order valence-corrected chi connectivity index (χ3v) is 5.14. The molecule has 5 N–H and O–H groups in total. The van der Waals surface area contributed by atoms with Crippen LogP contribution in [0.4, 0.5) is 18.9 Å². The smallest absolute Gasteiger partial charge is 0.397 e. The Labute approximate surface area is 172 Å². The van der Waals surface area contributed by atoms with Gasteiger partial charge in [-0.3, -0.25) is 4.79 Å². The van der Waals surface area contributed by atoms with Crippen LogP contribution in [-0.2, 0) is 17.4 Å². The van der Waals surface area contributed by atoms with Crippen molar-refractivity contribution in [3.63, 3.8) is 0 Å². The summed E-state index contributed by atoms with van der Waals surface area (Å²) in [5, 5.41) is 10.2. The fraction of sp³-hybridized carbons (Fsp3) is 0.350. The van der Waals surface area contributed by atoms with E-state index in [1.54, 1.807) is 37.3 Å². The van der Waals surface area contributed by atoms with Gasteiger partial charge in [0.05, 0.1) is 34.5 Å². The van der Waals surface area contributed by atoms with Crippen molar-refractivity contribution in [3.05, 3.63) is 64.2 Å². The average Bonchev–Trinajstić information content (AvgIpc) is 2.67. The van der Waals surface area contributed by atoms with E-state index in [-0.39, 0.29) is 17.0 Å². The van der Waals surface area contributed by atoms with Crippen LogP contribution in [0.3, 0.4) is 0 Å². The van der Waals surface area contributed by atoms with Crippen molar-refractivity contribution in [1.82, 2.24) is 4.90 Å². The minimum Gasteiger partial charge on any atom is -0.397 e. The Morgan fingerprint density at radius 2 is 1.83 bits per heavy atom. The van der Waals surface area contributed by atoms with Gasteiger partial charge in [-0.15, -0.1) is 0 Å². The molecule has 0 radical (unpaired) electrons. The van der Waals surface area contributed by atoms with E-state index in [0.29, 0.717) is 5.56 Å². The number of halogens is 4. The van der Waals surface area contributed by atoms with Crippen LogP contribution >= 0.6 is 11.6 Å². The molecule has 29 heavy (non-hydrogen) atoms. The molecule has 0 bridgehead atoms. The van der Waals surface area contributed by atoms with Gasteiger partial charge in [-0.1, -0.05) is 41.9 Å². The van der Waals surface area contributed by atoms with Crippen molar-refractivity contribution in [3.8, 4) is 0 Å². The normalized spacial score (nSPS) is 14.9. The zero-order valence-electron chi connectivity index (χ0n) is 15.9. The van der Waals surface area contributed by atoms with E-state index < -0.39 is 41.5 Å². The fourth-order valence-electron chi connectivity index (χ4n) is 2.97. The van der Waals surface area contributed by atoms with Crippen LogP contribution in [0.1, 0.15) is 29.7 Å². The van der Waals surface area contributed by atoms with E-state index in [4.69, 9.17) is 23.1 Å². The molecule has 0 aliphatic heterocycles. The monoisotopic (exact) mass is 429 g/mol. The number of anilines is 1. The van der Waals surface area contributed by atoms with E-state index in [1.165, 1.54) is 18.0 Å². The molecule has 158 valence electrons. The Morgan fingerprint density at radius 3 is 2.38 bits per heavy atom. The van der Waals surface area contributed by atoms with Crippen LogP contribution in [0.5, 0.6) is 0 Å². The first kappa shape index (κ1) is 23.0. The van der Waals surface area contributed by atoms with E-state index in [1.807, 2.05) is 0 Å². The summed E-state index contributed by atoms with van der Waals surface area (Å²) in [7, 11) is 1.48. The van der Waals surface area contributed by atoms with Gasteiger partial charge >= 0.3 is 6.18 Å². The van der Waals surface area contributed by atoms with Crippen molar-refractivity contribution >= 4 is 23.2 Å². The quantitative estimate of drug-likeness (QED) is 0.614. The number of amides is 1. The highest BCUT2D eigenvalue weighted by molar-refractivity contribution is 6.33. The predicted octanol–water partition coefficient (Wildman–Crippen LogP) is 3.39. The molecule has 2 aromatic rings. The molecule has 9 heteroatoms. The average molecular weight is 430 g/mol. The third-order valence-electron chi connectivity index (χ3n) is 4.82. The zero-order chi connectivity index (χ0) is 21.9. The van der Waals surface area contributed by atoms with Crippen LogP contribution in [-0.4, -0.2) is 35.0 Å². The largest absolute Gasteiger partial charge is 0.418 e. The molecule has 2 rings (SSSR count). The van der Waals surface area contributed by atoms with Gasteiger partial charge in [0.2, 0.25) is 5.91 Å². The van der Waals surface area contributed by atoms with Crippen molar-refractivity contribution in [2.45, 2.75) is 37.7 Å². The number of nitrogens with two attached hydrogens (primary N) is 2. The summed E-state index contributed by atoms with van der Waals surface area (Å²) in [5.41, 5.74) is 10.5. The summed E-state index contributed by atoms with van der Waals surface area (Å²) in [6, 6.07) is 9.19. The highest BCUT2D eigenvalue weighted by atomic mass is 35.5. The minimum atomic E-state index is -4.68. The second kappa shape index (κ2) is 9.02. The third kappa shape index (κ3) is 5.41. The maximum Gasteiger partial charge on any atom is 0.418 e. The van der Waals surface area contributed by atoms with Gasteiger partial charge in [0.1, 0.15) is 0 Å². The molecule has 0 saturated carbocycles. The van der Waals surface area contributed by atoms with Gasteiger partial charge in [-0.05, 0) is 36.6 Å². The van der Waals surface area contributed by atoms with E-state index in [9.17, 15) is 23.1 Å². The van der Waals surface area contributed by atoms with Crippen molar-refractivity contribution in [1.29, 1.82) is 0 Å². The predicted molar refractivity (Wildman–Crippen MR) is 106 cm³/mol. The lowest BCUT2D eigenvalue weighted by Gasteiger charge is -2.31. The lowest BCUT2D eigenvalue weighted by molar-refractivity contribution is -0.137. The first-order valence-corrected chi connectivity index (χ1v) is 9.21. The second-order valence-electron chi connectivity index (χ2n) is 6.89. The van der Waals surface area contributed by atoms with E-state index >= 15 is 0 Å². The van der Waals surface area contributed by atoms with Crippen LogP contribution in [0.15, 0.2) is 42.5 Å². The van der Waals surface area contributed by atoms with Crippen LogP contribution in [0.25, 0.3) is 0 Å². The number of rotatable bonds is 6. The zero-order valence-corrected chi connectivity index (χ0v) is 16.7. The van der Waals surface area contributed by atoms with Gasteiger partial charge in [0.25, 0.3) is 0 Å². The Bertz CT molecular complexity index is 862. The fourth-order valence-corrected chi connectivity index (χ4v) is 3.21. The summed E-state index contributed by atoms with van der Waals surface area (Å²) < 4.78 is 39.3. The van der Waals surface area contributed by atoms with Gasteiger partial charge < -0.3 is 21.5 Å². The number of aliphatic hydroxyl groups excluding tert-OH is 1. The number of hydrogen-bond acceptors (Lipinski definition) is 4. The van der Waals surface area contributed by atoms with Gasteiger partial charge in [-0.25, -0.2) is 0 Å². The number of likely N-dealkylation sites (N-methyl/N-ethyl adjacent to an activating group) is 1. The number of alkyl halides is 3. The molecule has 0 aliphatic carbocycles. The highest BCUT2D eigenvalue weighted by Crippen LogP contribution is 2.38. The van der Waals surface area contributed by atoms with Crippen LogP contribution < -0.4 is 11.5 Å². The molecule has 2 aromatic carbocycles. The number of nitrogen functional groups attached to an aromatic ring is 1. The minimum absolute atomic E-state index is 0.141. The van der Waals surface area contributed by atoms with Crippen LogP contribution in [0, 0.1) is 0 Å². The molecule has 3 atom stereocenters. The maximum absolute atomic E-state index is 13.1. The molecule has 0 aromatic heterocycles. The molecular weight excluding hydrogens is 407 g/mol. The summed E-state index contributed by atoms with van der Waals surface area (Å²) in [4.78, 5) is 14.0. The van der Waals surface area contributed by atoms with Gasteiger partial charge in [-0.2, -0.15) is 13.2 Å². The topological polar surface area (TPSA) is 92.6 Å². The molecule has 0 spiro atoms. The van der Waals surface area contributed by atoms with Gasteiger partial charge in [0.15, 0.2) is 0 Å². The molecule has 5 nitrogen and oxygen atoms in total. The van der Waals surface area contributed by atoms with Crippen molar-refractivity contribution in [2.24, 2.45) is 5.73 Å². The van der Waals surface area contributed by atoms with E-state index in [2.05, 4.69) is 0 Å². The number of nitrogens with zero attached hydrogens (tertiary/aromatic N) is 1. The first-order chi connectivity index (χ1) is 13.4. The lowest BCUT2D eigenvalue weighted by Crippen LogP contribution is -2.48. The molecule has 0 fully saturated rings. The van der Waals surface area contributed by atoms with Crippen molar-refractivity contribution in [2.75, 3.05) is 12.8 Å². The molecule has 0 saturated heterocycles. The molecule has 0 aliphatic rings. The SMILES string of the molecule is C[C@@H]([C@@H](O)c1ccccc1)N(C)C(=O)C(N)Cc1cc(Cl)c(N)c(C(F)(F)F)c1. The number of carbonyl (C=O) groups excluding carboxylic acids is 1. The van der Waals surface area contributed by atoms with Crippen LogP contribution in [0.2, 0.25) is 5.02 Å². The lowest BCUT2D eigenvalue weighted by atomic mass is 9.99. The maximum atomic E-state index is 13.1. The summed E-state index contributed by atoms with van der Waals surface area (Å²) >= 11 is 5.82. The number of benzene rings is 2. The molecule has 1 unspecified atom stereocenters. The molecule has 1 amide bonds. The summed E-state index contributed by atoms with van der Waals surface area (Å²) in [5.74, 6) is -0.519. The standard InChI is InChI=1S/C20H23ClF3N3O2/c1-11(18(28)13-6-4-3-5-7-13)27(2)19(29)16(25)10-12-8-14(20(22,23)24)17(26)15(21)9-12/h3-9,11,16,18,28H,10,25-26H2,1-2H3/t11-,16?,18+/m0/s1. The summed E-state index contributed by atoms with van der Waals surface area (Å²) in [6.07, 6.45) is -5.79. The number of aliphatic hydroxyl groups is 1. The number of carbonyl (C=O) groups is 1. The van der Waals surface area contributed by atoms with Crippen molar-refractivity contribution < 1.29 is 23.1 Å². The Morgan fingerprint density at radius 1 is 1.24 bits per heavy atom. The highest BCUT2D eigenvalue weighted by Gasteiger charge is 2.35. The van der Waals surface area contributed by atoms with Gasteiger partial charge in [0, 0.05) is 7.05 Å². The second-order valence-corrected chi connectivity index (χ2v) is 7.30. The Hall–Kier alpha value is -2.29. The molecular formula is C20H23ClF3N3O2. The first-order valence-electron chi connectivity index (χ1n) is 8.83. The molecule has 0 heterocycles. The Balaban J connectivity index is 2.15. The number of hydrogen-bond donors (Lipinski definition) is 3. The summed E-state index contributed by atoms with van der Waals surface area (Å²) in [6.45, 7) is 1.66.